The van der Waals surface area contributed by atoms with E-state index in [-0.39, 0.29) is 6.04 Å². The van der Waals surface area contributed by atoms with E-state index in [1.54, 1.807) is 18.2 Å². The van der Waals surface area contributed by atoms with Gasteiger partial charge in [0.1, 0.15) is 11.8 Å². The summed E-state index contributed by atoms with van der Waals surface area (Å²) in [6.07, 6.45) is 1.40. The SMILES string of the molecule is CCOc1ccc(Cl)cc1C(c1ccc(Cl)c(Cl)c1)N1CCCC1C(=O)O. The Labute approximate surface area is 173 Å². The van der Waals surface area contributed by atoms with E-state index in [1.807, 2.05) is 30.0 Å². The van der Waals surface area contributed by atoms with Gasteiger partial charge >= 0.3 is 5.97 Å². The van der Waals surface area contributed by atoms with Gasteiger partial charge in [0.2, 0.25) is 0 Å². The summed E-state index contributed by atoms with van der Waals surface area (Å²) in [5, 5.41) is 11.1. The molecule has 3 rings (SSSR count). The molecule has 27 heavy (non-hydrogen) atoms. The van der Waals surface area contributed by atoms with Crippen molar-refractivity contribution in [2.75, 3.05) is 13.2 Å². The molecular formula is C20H20Cl3NO3. The van der Waals surface area contributed by atoms with Crippen molar-refractivity contribution < 1.29 is 14.6 Å². The maximum Gasteiger partial charge on any atom is 0.320 e. The van der Waals surface area contributed by atoms with Gasteiger partial charge in [0.25, 0.3) is 0 Å². The predicted octanol–water partition coefficient (Wildman–Crippen LogP) is 5.68. The minimum absolute atomic E-state index is 0.358. The van der Waals surface area contributed by atoms with Gasteiger partial charge in [-0.15, -0.1) is 0 Å². The smallest absolute Gasteiger partial charge is 0.320 e. The summed E-state index contributed by atoms with van der Waals surface area (Å²) in [5.41, 5.74) is 1.66. The van der Waals surface area contributed by atoms with Gasteiger partial charge in [0, 0.05) is 17.1 Å². The predicted molar refractivity (Wildman–Crippen MR) is 108 cm³/mol. The number of carboxylic acid groups (broad SMARTS) is 1. The van der Waals surface area contributed by atoms with Crippen molar-refractivity contribution in [1.82, 2.24) is 4.90 Å². The van der Waals surface area contributed by atoms with E-state index in [4.69, 9.17) is 39.5 Å². The fraction of sp³-hybridized carbons (Fsp3) is 0.350. The molecule has 0 aliphatic carbocycles. The van der Waals surface area contributed by atoms with E-state index in [9.17, 15) is 9.90 Å². The number of likely N-dealkylation sites (tertiary alicyclic amines) is 1. The summed E-state index contributed by atoms with van der Waals surface area (Å²) in [7, 11) is 0. The second-order valence-corrected chi connectivity index (χ2v) is 7.68. The number of aliphatic carboxylic acids is 1. The van der Waals surface area contributed by atoms with Crippen LogP contribution in [0.4, 0.5) is 0 Å². The first-order valence-corrected chi connectivity index (χ1v) is 9.91. The maximum absolute atomic E-state index is 11.8. The summed E-state index contributed by atoms with van der Waals surface area (Å²) < 4.78 is 5.81. The monoisotopic (exact) mass is 427 g/mol. The largest absolute Gasteiger partial charge is 0.494 e. The molecule has 4 nitrogen and oxygen atoms in total. The Morgan fingerprint density at radius 3 is 2.67 bits per heavy atom. The Bertz CT molecular complexity index is 843. The number of nitrogens with zero attached hydrogens (tertiary/aromatic N) is 1. The molecule has 0 bridgehead atoms. The zero-order valence-electron chi connectivity index (χ0n) is 14.8. The summed E-state index contributed by atoms with van der Waals surface area (Å²) in [6.45, 7) is 3.05. The molecule has 1 aliphatic heterocycles. The van der Waals surface area contributed by atoms with Crippen molar-refractivity contribution in [3.8, 4) is 5.75 Å². The van der Waals surface area contributed by atoms with Crippen LogP contribution in [0, 0.1) is 0 Å². The number of ether oxygens (including phenoxy) is 1. The van der Waals surface area contributed by atoms with E-state index in [0.717, 1.165) is 17.5 Å². The third-order valence-electron chi connectivity index (χ3n) is 4.74. The van der Waals surface area contributed by atoms with E-state index in [0.29, 0.717) is 40.4 Å². The average Bonchev–Trinajstić information content (AvgIpc) is 3.10. The fourth-order valence-electron chi connectivity index (χ4n) is 3.62. The van der Waals surface area contributed by atoms with Gasteiger partial charge in [-0.05, 0) is 55.7 Å². The van der Waals surface area contributed by atoms with E-state index >= 15 is 0 Å². The number of benzene rings is 2. The number of halogens is 3. The van der Waals surface area contributed by atoms with Gasteiger partial charge in [0.15, 0.2) is 0 Å². The highest BCUT2D eigenvalue weighted by atomic mass is 35.5. The summed E-state index contributed by atoms with van der Waals surface area (Å²) in [6, 6.07) is 9.84. The first-order valence-electron chi connectivity index (χ1n) is 8.78. The standard InChI is InChI=1S/C20H20Cl3NO3/c1-2-27-18-8-6-13(21)11-14(18)19(12-5-7-15(22)16(23)10-12)24-9-3-4-17(24)20(25)26/h5-8,10-11,17,19H,2-4,9H2,1H3,(H,25,26). The molecule has 0 saturated carbocycles. The number of carboxylic acids is 1. The van der Waals surface area contributed by atoms with Gasteiger partial charge in [-0.1, -0.05) is 40.9 Å². The van der Waals surface area contributed by atoms with Crippen molar-refractivity contribution in [2.45, 2.75) is 31.8 Å². The number of hydrogen-bond acceptors (Lipinski definition) is 3. The molecule has 2 aromatic carbocycles. The highest BCUT2D eigenvalue weighted by Gasteiger charge is 2.38. The lowest BCUT2D eigenvalue weighted by molar-refractivity contribution is -0.142. The fourth-order valence-corrected chi connectivity index (χ4v) is 4.10. The van der Waals surface area contributed by atoms with Crippen LogP contribution in [0.2, 0.25) is 15.1 Å². The molecule has 1 aliphatic rings. The van der Waals surface area contributed by atoms with E-state index in [2.05, 4.69) is 0 Å². The van der Waals surface area contributed by atoms with Crippen molar-refractivity contribution in [1.29, 1.82) is 0 Å². The highest BCUT2D eigenvalue weighted by molar-refractivity contribution is 6.42. The Kier molecular flexibility index (Phi) is 6.53. The summed E-state index contributed by atoms with van der Waals surface area (Å²) in [4.78, 5) is 13.8. The van der Waals surface area contributed by atoms with Crippen molar-refractivity contribution >= 4 is 40.8 Å². The number of carbonyl (C=O) groups is 1. The normalized spacial score (nSPS) is 18.4. The van der Waals surface area contributed by atoms with Crippen LogP contribution < -0.4 is 4.74 Å². The molecule has 7 heteroatoms. The lowest BCUT2D eigenvalue weighted by Crippen LogP contribution is -2.39. The number of hydrogen-bond donors (Lipinski definition) is 1. The zero-order chi connectivity index (χ0) is 19.6. The molecule has 0 radical (unpaired) electrons. The van der Waals surface area contributed by atoms with Gasteiger partial charge < -0.3 is 9.84 Å². The Morgan fingerprint density at radius 2 is 2.00 bits per heavy atom. The third-order valence-corrected chi connectivity index (χ3v) is 5.71. The average molecular weight is 429 g/mol. The minimum atomic E-state index is -0.836. The molecule has 1 saturated heterocycles. The van der Waals surface area contributed by atoms with Crippen LogP contribution in [0.15, 0.2) is 36.4 Å². The Balaban J connectivity index is 2.17. The Hall–Kier alpha value is -1.46. The van der Waals surface area contributed by atoms with Crippen LogP contribution in [0.5, 0.6) is 5.75 Å². The molecule has 0 amide bonds. The molecule has 0 aromatic heterocycles. The van der Waals surface area contributed by atoms with Gasteiger partial charge in [-0.3, -0.25) is 9.69 Å². The molecule has 0 spiro atoms. The van der Waals surface area contributed by atoms with Crippen LogP contribution in [-0.4, -0.2) is 35.2 Å². The van der Waals surface area contributed by atoms with Crippen LogP contribution >= 0.6 is 34.8 Å². The van der Waals surface area contributed by atoms with Gasteiger partial charge in [0.05, 0.1) is 22.7 Å². The van der Waals surface area contributed by atoms with Crippen molar-refractivity contribution in [2.24, 2.45) is 0 Å². The van der Waals surface area contributed by atoms with Crippen LogP contribution in [0.1, 0.15) is 36.9 Å². The topological polar surface area (TPSA) is 49.8 Å². The molecule has 2 unspecified atom stereocenters. The summed E-state index contributed by atoms with van der Waals surface area (Å²) in [5.74, 6) is -0.161. The van der Waals surface area contributed by atoms with Crippen molar-refractivity contribution in [3.05, 3.63) is 62.6 Å². The lowest BCUT2D eigenvalue weighted by Gasteiger charge is -2.33. The molecular weight excluding hydrogens is 409 g/mol. The number of rotatable bonds is 6. The van der Waals surface area contributed by atoms with Gasteiger partial charge in [-0.2, -0.15) is 0 Å². The minimum Gasteiger partial charge on any atom is -0.494 e. The van der Waals surface area contributed by atoms with Crippen LogP contribution in [0.3, 0.4) is 0 Å². The molecule has 2 aromatic rings. The summed E-state index contributed by atoms with van der Waals surface area (Å²) >= 11 is 18.6. The van der Waals surface area contributed by atoms with E-state index in [1.165, 1.54) is 0 Å². The highest BCUT2D eigenvalue weighted by Crippen LogP contribution is 2.41. The van der Waals surface area contributed by atoms with Crippen molar-refractivity contribution in [3.63, 3.8) is 0 Å². The maximum atomic E-state index is 11.8. The molecule has 1 heterocycles. The second kappa shape index (κ2) is 8.70. The first-order chi connectivity index (χ1) is 12.9. The zero-order valence-corrected chi connectivity index (χ0v) is 17.1. The van der Waals surface area contributed by atoms with Crippen LogP contribution in [-0.2, 0) is 4.79 Å². The van der Waals surface area contributed by atoms with Gasteiger partial charge in [-0.25, -0.2) is 0 Å². The first kappa shape index (κ1) is 20.3. The second-order valence-electron chi connectivity index (χ2n) is 6.43. The third kappa shape index (κ3) is 4.35. The lowest BCUT2D eigenvalue weighted by atomic mass is 9.95. The molecule has 2 atom stereocenters. The Morgan fingerprint density at radius 1 is 1.22 bits per heavy atom. The quantitative estimate of drug-likeness (QED) is 0.642. The molecule has 144 valence electrons. The van der Waals surface area contributed by atoms with Crippen LogP contribution in [0.25, 0.3) is 0 Å². The molecule has 1 N–H and O–H groups in total. The molecule has 1 fully saturated rings. The van der Waals surface area contributed by atoms with E-state index < -0.39 is 12.0 Å².